The molecule has 5 nitrogen and oxygen atoms in total. The van der Waals surface area contributed by atoms with Crippen LogP contribution in [-0.2, 0) is 13.0 Å². The summed E-state index contributed by atoms with van der Waals surface area (Å²) in [7, 11) is 0. The van der Waals surface area contributed by atoms with Crippen LogP contribution in [0.1, 0.15) is 11.3 Å². The molecule has 0 atom stereocenters. The van der Waals surface area contributed by atoms with Crippen molar-refractivity contribution in [3.05, 3.63) is 69.8 Å². The zero-order valence-electron chi connectivity index (χ0n) is 10.8. The molecule has 104 valence electrons. The molecule has 1 aromatic heterocycles. The van der Waals surface area contributed by atoms with Gasteiger partial charge >= 0.3 is 0 Å². The first-order chi connectivity index (χ1) is 9.65. The predicted octanol–water partition coefficient (Wildman–Crippen LogP) is 2.46. The second-order valence-corrected chi connectivity index (χ2v) is 4.32. The Hall–Kier alpha value is -2.34. The lowest BCUT2D eigenvalue weighted by Gasteiger charge is -2.05. The molecule has 1 N–H and O–H groups in total. The molecular weight excluding hydrogens is 261 g/mol. The predicted molar refractivity (Wildman–Crippen MR) is 72.7 cm³/mol. The van der Waals surface area contributed by atoms with Gasteiger partial charge in [-0.1, -0.05) is 6.07 Å². The summed E-state index contributed by atoms with van der Waals surface area (Å²) in [5.74, 6) is -0.597. The minimum atomic E-state index is -0.597. The third-order valence-corrected chi connectivity index (χ3v) is 2.77. The molecule has 0 aliphatic rings. The maximum absolute atomic E-state index is 13.2. The highest BCUT2D eigenvalue weighted by Crippen LogP contribution is 2.16. The van der Waals surface area contributed by atoms with Crippen LogP contribution in [0.4, 0.5) is 10.1 Å². The Balaban J connectivity index is 1.86. The normalized spacial score (nSPS) is 10.4. The van der Waals surface area contributed by atoms with Crippen LogP contribution in [-0.4, -0.2) is 16.5 Å². The molecule has 1 aromatic carbocycles. The van der Waals surface area contributed by atoms with E-state index >= 15 is 0 Å². The lowest BCUT2D eigenvalue weighted by molar-refractivity contribution is -0.385. The maximum atomic E-state index is 13.2. The van der Waals surface area contributed by atoms with E-state index in [1.54, 1.807) is 6.20 Å². The summed E-state index contributed by atoms with van der Waals surface area (Å²) in [4.78, 5) is 14.2. The minimum Gasteiger partial charge on any atom is -0.312 e. The number of nitrogens with zero attached hydrogens (tertiary/aromatic N) is 2. The van der Waals surface area contributed by atoms with Crippen molar-refractivity contribution in [2.45, 2.75) is 13.0 Å². The Kier molecular flexibility index (Phi) is 4.73. The summed E-state index contributed by atoms with van der Waals surface area (Å²) in [6.07, 6.45) is 2.48. The number of nitrogens with one attached hydrogen (secondary N) is 1. The van der Waals surface area contributed by atoms with Gasteiger partial charge in [0.05, 0.1) is 11.0 Å². The number of halogens is 1. The van der Waals surface area contributed by atoms with Gasteiger partial charge in [0.1, 0.15) is 5.82 Å². The number of nitro groups is 1. The Morgan fingerprint density at radius 2 is 2.15 bits per heavy atom. The first-order valence-corrected chi connectivity index (χ1v) is 6.19. The number of rotatable bonds is 6. The second-order valence-electron chi connectivity index (χ2n) is 4.32. The molecule has 0 bridgehead atoms. The lowest BCUT2D eigenvalue weighted by atomic mass is 10.2. The molecule has 0 unspecified atom stereocenters. The summed E-state index contributed by atoms with van der Waals surface area (Å²) in [6, 6.07) is 9.27. The number of pyridine rings is 1. The summed E-state index contributed by atoms with van der Waals surface area (Å²) in [5, 5.41) is 13.7. The van der Waals surface area contributed by atoms with Crippen LogP contribution >= 0.6 is 0 Å². The number of benzene rings is 1. The highest BCUT2D eigenvalue weighted by Gasteiger charge is 2.09. The van der Waals surface area contributed by atoms with Gasteiger partial charge < -0.3 is 5.32 Å². The van der Waals surface area contributed by atoms with Crippen molar-refractivity contribution >= 4 is 5.69 Å². The van der Waals surface area contributed by atoms with Crippen LogP contribution in [0.5, 0.6) is 0 Å². The summed E-state index contributed by atoms with van der Waals surface area (Å²) < 4.78 is 13.2. The van der Waals surface area contributed by atoms with Crippen LogP contribution in [0.2, 0.25) is 0 Å². The van der Waals surface area contributed by atoms with Gasteiger partial charge in [-0.25, -0.2) is 4.39 Å². The standard InChI is InChI=1S/C14H14FN3O2/c15-12-7-11(8-14(9-12)18(19)20)10-16-6-4-13-3-1-2-5-17-13/h1-3,5,7-9,16H,4,6,10H2. The Bertz CT molecular complexity index is 590. The molecular formula is C14H14FN3O2. The van der Waals surface area contributed by atoms with Crippen molar-refractivity contribution in [1.29, 1.82) is 0 Å². The van der Waals surface area contributed by atoms with Gasteiger partial charge in [-0.05, 0) is 23.8 Å². The van der Waals surface area contributed by atoms with Gasteiger partial charge in [-0.15, -0.1) is 0 Å². The fourth-order valence-corrected chi connectivity index (χ4v) is 1.84. The molecule has 6 heteroatoms. The third kappa shape index (κ3) is 4.10. The van der Waals surface area contributed by atoms with Crippen LogP contribution in [0.15, 0.2) is 42.6 Å². The molecule has 0 radical (unpaired) electrons. The van der Waals surface area contributed by atoms with Gasteiger partial charge in [0.2, 0.25) is 0 Å². The van der Waals surface area contributed by atoms with Gasteiger partial charge in [0.25, 0.3) is 5.69 Å². The first kappa shape index (κ1) is 14.1. The SMILES string of the molecule is O=[N+]([O-])c1cc(F)cc(CNCCc2ccccn2)c1. The average Bonchev–Trinajstić information content (AvgIpc) is 2.44. The van der Waals surface area contributed by atoms with E-state index in [-0.39, 0.29) is 5.69 Å². The number of aromatic nitrogens is 1. The summed E-state index contributed by atoms with van der Waals surface area (Å²) >= 11 is 0. The highest BCUT2D eigenvalue weighted by molar-refractivity contribution is 5.35. The van der Waals surface area contributed by atoms with E-state index in [1.165, 1.54) is 12.1 Å². The topological polar surface area (TPSA) is 68.1 Å². The monoisotopic (exact) mass is 275 g/mol. The van der Waals surface area contributed by atoms with E-state index < -0.39 is 10.7 Å². The molecule has 2 aromatic rings. The van der Waals surface area contributed by atoms with Crippen LogP contribution in [0, 0.1) is 15.9 Å². The molecule has 0 aliphatic carbocycles. The number of hydrogen-bond acceptors (Lipinski definition) is 4. The third-order valence-electron chi connectivity index (χ3n) is 2.77. The minimum absolute atomic E-state index is 0.230. The molecule has 0 aliphatic heterocycles. The smallest absolute Gasteiger partial charge is 0.272 e. The lowest BCUT2D eigenvalue weighted by Crippen LogP contribution is -2.17. The van der Waals surface area contributed by atoms with Crippen LogP contribution in [0.3, 0.4) is 0 Å². The van der Waals surface area contributed by atoms with Gasteiger partial charge in [0.15, 0.2) is 0 Å². The average molecular weight is 275 g/mol. The zero-order chi connectivity index (χ0) is 14.4. The van der Waals surface area contributed by atoms with E-state index in [0.29, 0.717) is 18.7 Å². The zero-order valence-corrected chi connectivity index (χ0v) is 10.8. The number of hydrogen-bond donors (Lipinski definition) is 1. The Morgan fingerprint density at radius 3 is 2.85 bits per heavy atom. The van der Waals surface area contributed by atoms with Crippen molar-refractivity contribution in [3.63, 3.8) is 0 Å². The van der Waals surface area contributed by atoms with E-state index in [9.17, 15) is 14.5 Å². The first-order valence-electron chi connectivity index (χ1n) is 6.19. The van der Waals surface area contributed by atoms with Crippen molar-refractivity contribution in [3.8, 4) is 0 Å². The molecule has 0 amide bonds. The van der Waals surface area contributed by atoms with Gasteiger partial charge in [-0.3, -0.25) is 15.1 Å². The van der Waals surface area contributed by atoms with Crippen LogP contribution in [0.25, 0.3) is 0 Å². The molecule has 2 rings (SSSR count). The summed E-state index contributed by atoms with van der Waals surface area (Å²) in [6.45, 7) is 1.05. The quantitative estimate of drug-likeness (QED) is 0.499. The fourth-order valence-electron chi connectivity index (χ4n) is 1.84. The fraction of sp³-hybridized carbons (Fsp3) is 0.214. The van der Waals surface area contributed by atoms with Gasteiger partial charge in [0, 0.05) is 37.5 Å². The molecule has 20 heavy (non-hydrogen) atoms. The molecule has 0 spiro atoms. The second kappa shape index (κ2) is 6.72. The van der Waals surface area contributed by atoms with Crippen molar-refractivity contribution < 1.29 is 9.31 Å². The number of nitro benzene ring substituents is 1. The Labute approximate surface area is 115 Å². The van der Waals surface area contributed by atoms with E-state index in [1.807, 2.05) is 18.2 Å². The molecule has 0 fully saturated rings. The van der Waals surface area contributed by atoms with Crippen LogP contribution < -0.4 is 5.32 Å². The summed E-state index contributed by atoms with van der Waals surface area (Å²) in [5.41, 5.74) is 1.29. The van der Waals surface area contributed by atoms with E-state index in [2.05, 4.69) is 10.3 Å². The Morgan fingerprint density at radius 1 is 1.30 bits per heavy atom. The van der Waals surface area contributed by atoms with E-state index in [4.69, 9.17) is 0 Å². The molecule has 1 heterocycles. The van der Waals surface area contributed by atoms with E-state index in [0.717, 1.165) is 18.2 Å². The van der Waals surface area contributed by atoms with Crippen molar-refractivity contribution in [2.24, 2.45) is 0 Å². The molecule has 0 saturated heterocycles. The van der Waals surface area contributed by atoms with Crippen molar-refractivity contribution in [1.82, 2.24) is 10.3 Å². The maximum Gasteiger partial charge on any atom is 0.272 e. The number of non-ortho nitro benzene ring substituents is 1. The van der Waals surface area contributed by atoms with Crippen molar-refractivity contribution in [2.75, 3.05) is 6.54 Å². The highest BCUT2D eigenvalue weighted by atomic mass is 19.1. The molecule has 0 saturated carbocycles. The largest absolute Gasteiger partial charge is 0.312 e. The van der Waals surface area contributed by atoms with Gasteiger partial charge in [-0.2, -0.15) is 0 Å².